The Kier molecular flexibility index (Phi) is 38.7. The number of rotatable bonds is 43. The van der Waals surface area contributed by atoms with Crippen LogP contribution in [0, 0.1) is 37.0 Å². The maximum absolute atomic E-state index is 13.5. The van der Waals surface area contributed by atoms with E-state index in [-0.39, 0.29) is 147 Å². The van der Waals surface area contributed by atoms with Gasteiger partial charge in [-0.1, -0.05) is 30.6 Å². The molecular formula is C42H70N5O14PS. The van der Waals surface area contributed by atoms with Gasteiger partial charge in [-0.15, -0.1) is 19.3 Å². The third-order valence-corrected chi connectivity index (χ3v) is 9.57. The van der Waals surface area contributed by atoms with Gasteiger partial charge in [-0.2, -0.15) is 0 Å². The first-order chi connectivity index (χ1) is 30.4. The molecule has 0 radical (unpaired) electrons. The predicted molar refractivity (Wildman–Crippen MR) is 239 cm³/mol. The average Bonchev–Trinajstić information content (AvgIpc) is 3.24. The van der Waals surface area contributed by atoms with Crippen molar-refractivity contribution >= 4 is 48.1 Å². The van der Waals surface area contributed by atoms with Crippen LogP contribution in [0.5, 0.6) is 0 Å². The highest BCUT2D eigenvalue weighted by molar-refractivity contribution is 8.06. The summed E-state index contributed by atoms with van der Waals surface area (Å²) >= 11 is 4.42. The molecule has 0 saturated carbocycles. The van der Waals surface area contributed by atoms with Gasteiger partial charge in [0, 0.05) is 63.8 Å². The van der Waals surface area contributed by atoms with Crippen LogP contribution in [0.25, 0.3) is 0 Å². The van der Waals surface area contributed by atoms with Crippen LogP contribution in [-0.2, 0) is 68.7 Å². The van der Waals surface area contributed by atoms with E-state index >= 15 is 0 Å². The second-order valence-electron chi connectivity index (χ2n) is 13.9. The fraction of sp³-hybridized carbons (Fsp3) is 0.738. The Hall–Kier alpha value is -3.68. The van der Waals surface area contributed by atoms with Crippen molar-refractivity contribution < 1.29 is 66.7 Å². The van der Waals surface area contributed by atoms with Gasteiger partial charge in [-0.3, -0.25) is 24.0 Å². The number of carbonyl (C=O) groups is 5. The molecule has 19 nitrogen and oxygen atoms in total. The SMILES string of the molecule is C#CCOCCOCCNC(=O)CCC(CCC(=O)NCCOCCOCC#C)(CCC(=O)NCCOCCOCC#C)NC(=O)CCCC(=O)NCCCCCCOP(O)(O)=S. The highest BCUT2D eigenvalue weighted by Gasteiger charge is 2.33. The molecule has 0 aromatic heterocycles. The molecule has 0 aliphatic heterocycles. The first-order valence-electron chi connectivity index (χ1n) is 21.2. The van der Waals surface area contributed by atoms with Crippen molar-refractivity contribution in [1.82, 2.24) is 26.6 Å². The van der Waals surface area contributed by atoms with E-state index < -0.39 is 18.2 Å². The Balaban J connectivity index is 5.56. The van der Waals surface area contributed by atoms with Crippen molar-refractivity contribution in [1.29, 1.82) is 0 Å². The third kappa shape index (κ3) is 40.8. The van der Waals surface area contributed by atoms with Crippen LogP contribution in [-0.4, -0.2) is 157 Å². The molecule has 0 spiro atoms. The molecule has 0 rings (SSSR count). The highest BCUT2D eigenvalue weighted by Crippen LogP contribution is 2.36. The van der Waals surface area contributed by atoms with Crippen LogP contribution in [0.15, 0.2) is 0 Å². The minimum absolute atomic E-state index is 0.0182. The number of ether oxygens (including phenoxy) is 6. The van der Waals surface area contributed by atoms with Gasteiger partial charge in [-0.25, -0.2) is 0 Å². The summed E-state index contributed by atoms with van der Waals surface area (Å²) in [6.07, 6.45) is 18.9. The van der Waals surface area contributed by atoms with Gasteiger partial charge in [0.05, 0.1) is 66.1 Å². The molecule has 0 unspecified atom stereocenters. The smallest absolute Gasteiger partial charge is 0.321 e. The Bertz CT molecular complexity index is 1340. The molecule has 21 heteroatoms. The summed E-state index contributed by atoms with van der Waals surface area (Å²) in [5.41, 5.74) is -1.15. The minimum atomic E-state index is -3.65. The predicted octanol–water partition coefficient (Wildman–Crippen LogP) is 0.602. The average molecular weight is 932 g/mol. The zero-order chi connectivity index (χ0) is 46.7. The molecule has 7 N–H and O–H groups in total. The molecule has 63 heavy (non-hydrogen) atoms. The van der Waals surface area contributed by atoms with E-state index in [1.54, 1.807) is 0 Å². The fourth-order valence-corrected chi connectivity index (χ4v) is 6.17. The Morgan fingerprint density at radius 1 is 0.460 bits per heavy atom. The molecular weight excluding hydrogens is 862 g/mol. The number of hydrogen-bond donors (Lipinski definition) is 7. The zero-order valence-corrected chi connectivity index (χ0v) is 38.3. The van der Waals surface area contributed by atoms with E-state index in [1.165, 1.54) is 0 Å². The molecule has 0 fully saturated rings. The lowest BCUT2D eigenvalue weighted by molar-refractivity contribution is -0.128. The minimum Gasteiger partial charge on any atom is -0.377 e. The number of nitrogens with one attached hydrogen (secondary N) is 5. The Morgan fingerprint density at radius 3 is 1.24 bits per heavy atom. The van der Waals surface area contributed by atoms with Gasteiger partial charge < -0.3 is 69.3 Å². The summed E-state index contributed by atoms with van der Waals surface area (Å²) < 4.78 is 36.7. The number of unbranched alkanes of at least 4 members (excludes halogenated alkanes) is 3. The molecule has 0 aliphatic rings. The first-order valence-corrected chi connectivity index (χ1v) is 23.8. The molecule has 5 amide bonds. The maximum atomic E-state index is 13.5. The van der Waals surface area contributed by atoms with E-state index in [4.69, 9.17) is 62.0 Å². The van der Waals surface area contributed by atoms with Crippen LogP contribution in [0.4, 0.5) is 0 Å². The summed E-state index contributed by atoms with van der Waals surface area (Å²) in [6, 6.07) is 0. The van der Waals surface area contributed by atoms with E-state index in [2.05, 4.69) is 56.2 Å². The number of amides is 5. The summed E-state index contributed by atoms with van der Waals surface area (Å²) in [4.78, 5) is 83.4. The molecule has 0 aliphatic carbocycles. The molecule has 358 valence electrons. The van der Waals surface area contributed by atoms with Gasteiger partial charge in [0.1, 0.15) is 19.8 Å². The van der Waals surface area contributed by atoms with Gasteiger partial charge in [0.2, 0.25) is 29.5 Å². The lowest BCUT2D eigenvalue weighted by Gasteiger charge is -2.35. The summed E-state index contributed by atoms with van der Waals surface area (Å²) in [5.74, 6) is 5.52. The first kappa shape index (κ1) is 59.3. The van der Waals surface area contributed by atoms with Crippen LogP contribution in [0.2, 0.25) is 0 Å². The zero-order valence-electron chi connectivity index (χ0n) is 36.6. The van der Waals surface area contributed by atoms with Crippen molar-refractivity contribution in [2.45, 2.75) is 89.0 Å². The maximum Gasteiger partial charge on any atom is 0.321 e. The monoisotopic (exact) mass is 931 g/mol. The summed E-state index contributed by atoms with van der Waals surface area (Å²) in [6.45, 7) is 0.625. The van der Waals surface area contributed by atoms with Gasteiger partial charge in [0.15, 0.2) is 0 Å². The van der Waals surface area contributed by atoms with E-state index in [9.17, 15) is 24.0 Å². The lowest BCUT2D eigenvalue weighted by Crippen LogP contribution is -2.50. The third-order valence-electron chi connectivity index (χ3n) is 8.73. The molecule has 0 atom stereocenters. The van der Waals surface area contributed by atoms with Crippen LogP contribution >= 0.6 is 6.72 Å². The largest absolute Gasteiger partial charge is 0.377 e. The fourth-order valence-electron chi connectivity index (χ4n) is 5.58. The standard InChI is InChI=1S/C42H70N5O14PS/c1-4-24-55-31-34-58-28-21-44-38(49)14-17-42(18-15-39(50)45-22-29-59-35-32-56-25-5-2,19-16-40(51)46-23-30-60-36-33-57-26-6-3)47-41(52)13-11-12-37(48)43-20-9-7-8-10-27-61-62(53,54)63/h1-3H,7-36H2,(H,43,48)(H,44,49)(H,45,50)(H,46,51)(H,47,52)(H2,53,54,63). The Labute approximate surface area is 378 Å². The van der Waals surface area contributed by atoms with Gasteiger partial charge >= 0.3 is 6.72 Å². The molecule has 0 saturated heterocycles. The van der Waals surface area contributed by atoms with Crippen LogP contribution in [0.3, 0.4) is 0 Å². The van der Waals surface area contributed by atoms with E-state index in [1.807, 2.05) is 0 Å². The van der Waals surface area contributed by atoms with E-state index in [0.717, 1.165) is 12.8 Å². The lowest BCUT2D eigenvalue weighted by atomic mass is 9.82. The summed E-state index contributed by atoms with van der Waals surface area (Å²) in [5, 5.41) is 14.3. The van der Waals surface area contributed by atoms with Crippen molar-refractivity contribution in [3.05, 3.63) is 0 Å². The summed E-state index contributed by atoms with van der Waals surface area (Å²) in [7, 11) is 0. The van der Waals surface area contributed by atoms with Crippen molar-refractivity contribution in [2.24, 2.45) is 0 Å². The second kappa shape index (κ2) is 41.1. The van der Waals surface area contributed by atoms with Crippen LogP contribution in [0.1, 0.15) is 83.5 Å². The number of carbonyl (C=O) groups excluding carboxylic acids is 5. The topological polar surface area (TPSA) is 251 Å². The number of hydrogen-bond acceptors (Lipinski definition) is 13. The Morgan fingerprint density at radius 2 is 0.825 bits per heavy atom. The molecule has 0 aromatic carbocycles. The van der Waals surface area contributed by atoms with Gasteiger partial charge in [-0.05, 0) is 50.3 Å². The normalized spacial score (nSPS) is 11.2. The van der Waals surface area contributed by atoms with Crippen molar-refractivity contribution in [3.8, 4) is 37.0 Å². The molecule has 0 bridgehead atoms. The highest BCUT2D eigenvalue weighted by atomic mass is 32.5. The second-order valence-corrected chi connectivity index (χ2v) is 16.6. The van der Waals surface area contributed by atoms with E-state index in [0.29, 0.717) is 59.0 Å². The molecule has 0 aromatic rings. The van der Waals surface area contributed by atoms with Gasteiger partial charge in [0.25, 0.3) is 0 Å². The quantitative estimate of drug-likeness (QED) is 0.0251. The van der Waals surface area contributed by atoms with Crippen molar-refractivity contribution in [3.63, 3.8) is 0 Å². The number of terminal acetylenes is 3. The van der Waals surface area contributed by atoms with Crippen LogP contribution < -0.4 is 26.6 Å². The molecule has 0 heterocycles. The van der Waals surface area contributed by atoms with Crippen molar-refractivity contribution in [2.75, 3.05) is 112 Å².